The Hall–Kier alpha value is -1.89. The second kappa shape index (κ2) is 9.74. The second-order valence-corrected chi connectivity index (χ2v) is 9.82. The number of hydrogen-bond donors (Lipinski definition) is 0. The molecule has 1 saturated heterocycles. The number of thiophene rings is 1. The number of carbonyl (C=O) groups excluding carboxylic acids is 3. The quantitative estimate of drug-likeness (QED) is 0.489. The first-order chi connectivity index (χ1) is 13.6. The number of aldehydes is 1. The number of aryl methyl sites for hydroxylation is 1. The number of methoxy groups -OCH3 is 1. The number of likely N-dealkylation sites (tertiary alicyclic amines) is 1. The topological polar surface area (TPSA) is 72.9 Å². The number of ether oxygens (including phenoxy) is 2. The van der Waals surface area contributed by atoms with Gasteiger partial charge in [-0.2, -0.15) is 0 Å². The first kappa shape index (κ1) is 23.4. The Morgan fingerprint density at radius 2 is 1.90 bits per heavy atom. The standard InChI is InChI=1S/C22H33NO5S/c1-14(16-9-11-23(12-10-16)21(26)28-22(3,4)5)19-15(2)18(20(25)27-6)17(29-19)8-7-13-24/h13-14,16H,7-12H2,1-6H3/t14-/m1/s1. The predicted molar refractivity (Wildman–Crippen MR) is 114 cm³/mol. The highest BCUT2D eigenvalue weighted by atomic mass is 32.1. The Kier molecular flexibility index (Phi) is 7.86. The molecular formula is C22H33NO5S. The average molecular weight is 424 g/mol. The van der Waals surface area contributed by atoms with Crippen molar-refractivity contribution in [1.29, 1.82) is 0 Å². The second-order valence-electron chi connectivity index (χ2n) is 8.68. The zero-order valence-corrected chi connectivity index (χ0v) is 19.2. The fourth-order valence-corrected chi connectivity index (χ4v) is 5.34. The maximum absolute atomic E-state index is 12.3. The van der Waals surface area contributed by atoms with E-state index >= 15 is 0 Å². The van der Waals surface area contributed by atoms with Gasteiger partial charge in [0.2, 0.25) is 0 Å². The van der Waals surface area contributed by atoms with Crippen LogP contribution >= 0.6 is 11.3 Å². The normalized spacial score (nSPS) is 16.4. The van der Waals surface area contributed by atoms with Crippen molar-refractivity contribution >= 4 is 29.7 Å². The van der Waals surface area contributed by atoms with Gasteiger partial charge >= 0.3 is 12.1 Å². The summed E-state index contributed by atoms with van der Waals surface area (Å²) in [5.74, 6) is 0.363. The van der Waals surface area contributed by atoms with Crippen LogP contribution in [0.1, 0.15) is 78.6 Å². The van der Waals surface area contributed by atoms with E-state index in [1.54, 1.807) is 16.2 Å². The van der Waals surface area contributed by atoms with Crippen molar-refractivity contribution in [3.05, 3.63) is 20.9 Å². The van der Waals surface area contributed by atoms with E-state index in [1.165, 1.54) is 12.0 Å². The number of rotatable bonds is 6. The van der Waals surface area contributed by atoms with Crippen molar-refractivity contribution in [3.63, 3.8) is 0 Å². The van der Waals surface area contributed by atoms with E-state index in [0.717, 1.165) is 29.6 Å². The van der Waals surface area contributed by atoms with Crippen molar-refractivity contribution in [1.82, 2.24) is 4.90 Å². The summed E-state index contributed by atoms with van der Waals surface area (Å²) in [4.78, 5) is 39.3. The van der Waals surface area contributed by atoms with E-state index < -0.39 is 5.60 Å². The highest BCUT2D eigenvalue weighted by molar-refractivity contribution is 7.12. The van der Waals surface area contributed by atoms with E-state index in [0.29, 0.717) is 37.4 Å². The molecule has 1 aromatic rings. The number of hydrogen-bond acceptors (Lipinski definition) is 6. The predicted octanol–water partition coefficient (Wildman–Crippen LogP) is 4.73. The molecule has 0 N–H and O–H groups in total. The zero-order chi connectivity index (χ0) is 21.8. The summed E-state index contributed by atoms with van der Waals surface area (Å²) in [6, 6.07) is 0. The van der Waals surface area contributed by atoms with Crippen LogP contribution in [0.5, 0.6) is 0 Å². The molecular weight excluding hydrogens is 390 g/mol. The molecule has 0 unspecified atom stereocenters. The van der Waals surface area contributed by atoms with E-state index in [1.807, 2.05) is 27.7 Å². The summed E-state index contributed by atoms with van der Waals surface area (Å²) >= 11 is 1.62. The lowest BCUT2D eigenvalue weighted by molar-refractivity contribution is -0.107. The molecule has 6 nitrogen and oxygen atoms in total. The van der Waals surface area contributed by atoms with Gasteiger partial charge in [-0.3, -0.25) is 0 Å². The van der Waals surface area contributed by atoms with Gasteiger partial charge in [-0.15, -0.1) is 11.3 Å². The Labute approximate surface area is 177 Å². The van der Waals surface area contributed by atoms with Crippen LogP contribution in [0.25, 0.3) is 0 Å². The summed E-state index contributed by atoms with van der Waals surface area (Å²) in [6.07, 6.45) is 3.38. The molecule has 7 heteroatoms. The van der Waals surface area contributed by atoms with E-state index in [4.69, 9.17) is 9.47 Å². The van der Waals surface area contributed by atoms with Crippen LogP contribution in [0.15, 0.2) is 0 Å². The molecule has 0 bridgehead atoms. The third kappa shape index (κ3) is 5.81. The number of piperidine rings is 1. The maximum atomic E-state index is 12.3. The van der Waals surface area contributed by atoms with E-state index in [2.05, 4.69) is 6.92 Å². The molecule has 2 rings (SSSR count). The van der Waals surface area contributed by atoms with Crippen molar-refractivity contribution in [3.8, 4) is 0 Å². The molecule has 0 spiro atoms. The molecule has 1 atom stereocenters. The van der Waals surface area contributed by atoms with Crippen LogP contribution in [0.3, 0.4) is 0 Å². The van der Waals surface area contributed by atoms with Crippen molar-refractivity contribution in [2.45, 2.75) is 71.8 Å². The molecule has 1 aliphatic rings. The average Bonchev–Trinajstić information content (AvgIpc) is 3.00. The van der Waals surface area contributed by atoms with Gasteiger partial charge < -0.3 is 19.2 Å². The highest BCUT2D eigenvalue weighted by Gasteiger charge is 2.32. The Bertz CT molecular complexity index is 741. The van der Waals surface area contributed by atoms with E-state index in [-0.39, 0.29) is 18.0 Å². The highest BCUT2D eigenvalue weighted by Crippen LogP contribution is 2.41. The van der Waals surface area contributed by atoms with Crippen molar-refractivity contribution in [2.75, 3.05) is 20.2 Å². The van der Waals surface area contributed by atoms with Crippen LogP contribution in [0.2, 0.25) is 0 Å². The fraction of sp³-hybridized carbons (Fsp3) is 0.682. The van der Waals surface area contributed by atoms with Gasteiger partial charge in [0.15, 0.2) is 0 Å². The van der Waals surface area contributed by atoms with Gasteiger partial charge in [0.1, 0.15) is 11.9 Å². The Balaban J connectivity index is 2.12. The van der Waals surface area contributed by atoms with Crippen LogP contribution in [-0.4, -0.2) is 49.0 Å². The van der Waals surface area contributed by atoms with E-state index in [9.17, 15) is 14.4 Å². The zero-order valence-electron chi connectivity index (χ0n) is 18.4. The van der Waals surface area contributed by atoms with Gasteiger partial charge in [0, 0.05) is 29.3 Å². The van der Waals surface area contributed by atoms with Gasteiger partial charge in [0.05, 0.1) is 12.7 Å². The Morgan fingerprint density at radius 3 is 2.41 bits per heavy atom. The minimum absolute atomic E-state index is 0.250. The molecule has 0 saturated carbocycles. The summed E-state index contributed by atoms with van der Waals surface area (Å²) in [5.41, 5.74) is 1.09. The largest absolute Gasteiger partial charge is 0.465 e. The lowest BCUT2D eigenvalue weighted by Gasteiger charge is -2.35. The molecule has 1 fully saturated rings. The smallest absolute Gasteiger partial charge is 0.410 e. The summed E-state index contributed by atoms with van der Waals surface area (Å²) in [5, 5.41) is 0. The molecule has 1 aliphatic heterocycles. The van der Waals surface area contributed by atoms with Crippen LogP contribution in [0, 0.1) is 12.8 Å². The maximum Gasteiger partial charge on any atom is 0.410 e. The van der Waals surface area contributed by atoms with Gasteiger partial charge in [-0.1, -0.05) is 6.92 Å². The van der Waals surface area contributed by atoms with Crippen LogP contribution < -0.4 is 0 Å². The number of amides is 1. The minimum atomic E-state index is -0.489. The molecule has 0 aromatic carbocycles. The number of esters is 1. The number of nitrogens with zero attached hydrogens (tertiary/aromatic N) is 1. The molecule has 1 amide bonds. The van der Waals surface area contributed by atoms with Gasteiger partial charge in [-0.05, 0) is 64.4 Å². The Morgan fingerprint density at radius 1 is 1.28 bits per heavy atom. The third-order valence-electron chi connectivity index (χ3n) is 5.45. The fourth-order valence-electron chi connectivity index (χ4n) is 3.88. The molecule has 1 aromatic heterocycles. The van der Waals surface area contributed by atoms with Crippen LogP contribution in [-0.2, 0) is 20.7 Å². The summed E-state index contributed by atoms with van der Waals surface area (Å²) in [7, 11) is 1.39. The monoisotopic (exact) mass is 423 g/mol. The lowest BCUT2D eigenvalue weighted by Crippen LogP contribution is -2.42. The summed E-state index contributed by atoms with van der Waals surface area (Å²) < 4.78 is 10.5. The van der Waals surface area contributed by atoms with Gasteiger partial charge in [-0.25, -0.2) is 9.59 Å². The first-order valence-corrected chi connectivity index (χ1v) is 11.0. The SMILES string of the molecule is COC(=O)c1c(CCC=O)sc([C@H](C)C2CCN(C(=O)OC(C)(C)C)CC2)c1C. The molecule has 0 aliphatic carbocycles. The molecule has 2 heterocycles. The van der Waals surface area contributed by atoms with Crippen molar-refractivity contribution in [2.24, 2.45) is 5.92 Å². The minimum Gasteiger partial charge on any atom is -0.465 e. The van der Waals surface area contributed by atoms with Gasteiger partial charge in [0.25, 0.3) is 0 Å². The molecule has 0 radical (unpaired) electrons. The number of carbonyl (C=O) groups is 3. The molecule has 29 heavy (non-hydrogen) atoms. The first-order valence-electron chi connectivity index (χ1n) is 10.2. The van der Waals surface area contributed by atoms with Crippen molar-refractivity contribution < 1.29 is 23.9 Å². The summed E-state index contributed by atoms with van der Waals surface area (Å²) in [6.45, 7) is 11.1. The third-order valence-corrected chi connectivity index (χ3v) is 7.00. The van der Waals surface area contributed by atoms with Crippen LogP contribution in [0.4, 0.5) is 4.79 Å². The lowest BCUT2D eigenvalue weighted by atomic mass is 9.83. The molecule has 162 valence electrons.